The maximum atomic E-state index is 12.3. The molecule has 0 aliphatic heterocycles. The third-order valence-electron chi connectivity index (χ3n) is 1.48. The van der Waals surface area contributed by atoms with Crippen LogP contribution in [-0.2, 0) is 6.18 Å². The predicted molar refractivity (Wildman–Crippen MR) is 44.3 cm³/mol. The Morgan fingerprint density at radius 2 is 1.92 bits per heavy atom. The van der Waals surface area contributed by atoms with Crippen molar-refractivity contribution in [2.24, 2.45) is 0 Å². The zero-order valence-corrected chi connectivity index (χ0v) is 7.08. The first-order valence-electron chi connectivity index (χ1n) is 3.32. The highest BCUT2D eigenvalue weighted by molar-refractivity contribution is 6.30. The first-order chi connectivity index (χ1) is 5.95. The maximum Gasteiger partial charge on any atom is 0.417 e. The molecule has 0 fully saturated rings. The quantitative estimate of drug-likeness (QED) is 0.683. The van der Waals surface area contributed by atoms with Crippen molar-refractivity contribution in [1.29, 1.82) is 5.41 Å². The molecule has 1 nitrogen and oxygen atoms in total. The van der Waals surface area contributed by atoms with E-state index in [1.165, 1.54) is 6.07 Å². The number of hydrogen-bond acceptors (Lipinski definition) is 1. The van der Waals surface area contributed by atoms with Crippen LogP contribution in [0.4, 0.5) is 13.2 Å². The van der Waals surface area contributed by atoms with Gasteiger partial charge in [0, 0.05) is 16.8 Å². The smallest absolute Gasteiger partial charge is 0.308 e. The molecule has 0 aromatic heterocycles. The molecule has 0 bridgehead atoms. The van der Waals surface area contributed by atoms with Crippen LogP contribution in [0.5, 0.6) is 0 Å². The molecule has 5 heteroatoms. The van der Waals surface area contributed by atoms with E-state index >= 15 is 0 Å². The largest absolute Gasteiger partial charge is 0.417 e. The second-order valence-corrected chi connectivity index (χ2v) is 2.81. The third kappa shape index (κ3) is 2.21. The lowest BCUT2D eigenvalue weighted by Gasteiger charge is -2.09. The molecule has 1 aromatic rings. The summed E-state index contributed by atoms with van der Waals surface area (Å²) in [5.41, 5.74) is -1.06. The number of rotatable bonds is 1. The van der Waals surface area contributed by atoms with Gasteiger partial charge in [-0.1, -0.05) is 17.7 Å². The van der Waals surface area contributed by atoms with Crippen LogP contribution in [0, 0.1) is 5.41 Å². The van der Waals surface area contributed by atoms with Gasteiger partial charge in [-0.05, 0) is 12.1 Å². The summed E-state index contributed by atoms with van der Waals surface area (Å²) in [6, 6.07) is 3.29. The molecule has 13 heavy (non-hydrogen) atoms. The van der Waals surface area contributed by atoms with Crippen molar-refractivity contribution in [2.75, 3.05) is 0 Å². The van der Waals surface area contributed by atoms with E-state index in [1.54, 1.807) is 0 Å². The number of hydrogen-bond donors (Lipinski definition) is 1. The SMILES string of the molecule is N=Cc1ccc(Cl)cc1C(F)(F)F. The fourth-order valence-electron chi connectivity index (χ4n) is 0.900. The van der Waals surface area contributed by atoms with Gasteiger partial charge in [-0.15, -0.1) is 0 Å². The van der Waals surface area contributed by atoms with E-state index in [1.807, 2.05) is 0 Å². The van der Waals surface area contributed by atoms with Crippen LogP contribution in [0.3, 0.4) is 0 Å². The van der Waals surface area contributed by atoms with Gasteiger partial charge in [0.25, 0.3) is 0 Å². The highest BCUT2D eigenvalue weighted by atomic mass is 35.5. The van der Waals surface area contributed by atoms with Gasteiger partial charge >= 0.3 is 6.18 Å². The normalized spacial score (nSPS) is 11.4. The molecule has 70 valence electrons. The van der Waals surface area contributed by atoms with Gasteiger partial charge in [-0.2, -0.15) is 13.2 Å². The van der Waals surface area contributed by atoms with E-state index in [9.17, 15) is 13.2 Å². The lowest BCUT2D eigenvalue weighted by Crippen LogP contribution is -2.08. The summed E-state index contributed by atoms with van der Waals surface area (Å²) in [5, 5.41) is 6.78. The van der Waals surface area contributed by atoms with Crippen LogP contribution in [0.1, 0.15) is 11.1 Å². The second kappa shape index (κ2) is 3.38. The lowest BCUT2D eigenvalue weighted by molar-refractivity contribution is -0.137. The van der Waals surface area contributed by atoms with E-state index in [2.05, 4.69) is 0 Å². The minimum Gasteiger partial charge on any atom is -0.308 e. The molecule has 0 spiro atoms. The Hall–Kier alpha value is -1.03. The average molecular weight is 208 g/mol. The summed E-state index contributed by atoms with van der Waals surface area (Å²) in [4.78, 5) is 0. The van der Waals surface area contributed by atoms with Gasteiger partial charge in [0.05, 0.1) is 5.56 Å². The Kier molecular flexibility index (Phi) is 2.61. The minimum atomic E-state index is -4.46. The first kappa shape index (κ1) is 10.1. The summed E-state index contributed by atoms with van der Waals surface area (Å²) in [6.45, 7) is 0. The molecular weight excluding hydrogens is 203 g/mol. The van der Waals surface area contributed by atoms with Crippen LogP contribution in [0.2, 0.25) is 5.02 Å². The topological polar surface area (TPSA) is 23.9 Å². The summed E-state index contributed by atoms with van der Waals surface area (Å²) in [6.07, 6.45) is -3.81. The Morgan fingerprint density at radius 3 is 2.38 bits per heavy atom. The first-order valence-corrected chi connectivity index (χ1v) is 3.70. The number of alkyl halides is 3. The zero-order chi connectivity index (χ0) is 10.1. The van der Waals surface area contributed by atoms with Gasteiger partial charge < -0.3 is 5.41 Å². The van der Waals surface area contributed by atoms with Crippen molar-refractivity contribution < 1.29 is 13.2 Å². The van der Waals surface area contributed by atoms with E-state index in [-0.39, 0.29) is 10.6 Å². The van der Waals surface area contributed by atoms with Crippen LogP contribution in [0.15, 0.2) is 18.2 Å². The van der Waals surface area contributed by atoms with Crippen molar-refractivity contribution in [1.82, 2.24) is 0 Å². The third-order valence-corrected chi connectivity index (χ3v) is 1.71. The van der Waals surface area contributed by atoms with Gasteiger partial charge in [-0.25, -0.2) is 0 Å². The van der Waals surface area contributed by atoms with Crippen molar-refractivity contribution in [3.8, 4) is 0 Å². The van der Waals surface area contributed by atoms with E-state index < -0.39 is 11.7 Å². The van der Waals surface area contributed by atoms with Crippen LogP contribution >= 0.6 is 11.6 Å². The Bertz CT molecular complexity index is 333. The molecule has 0 radical (unpaired) electrons. The number of halogens is 4. The molecule has 0 aliphatic rings. The molecule has 0 heterocycles. The fourth-order valence-corrected chi connectivity index (χ4v) is 1.07. The molecule has 1 N–H and O–H groups in total. The Labute approximate surface area is 77.6 Å². The van der Waals surface area contributed by atoms with E-state index in [0.29, 0.717) is 6.21 Å². The van der Waals surface area contributed by atoms with Crippen molar-refractivity contribution in [3.63, 3.8) is 0 Å². The van der Waals surface area contributed by atoms with Crippen molar-refractivity contribution >= 4 is 17.8 Å². The van der Waals surface area contributed by atoms with E-state index in [0.717, 1.165) is 12.1 Å². The van der Waals surface area contributed by atoms with E-state index in [4.69, 9.17) is 17.0 Å². The summed E-state index contributed by atoms with van der Waals surface area (Å²) >= 11 is 5.40. The summed E-state index contributed by atoms with van der Waals surface area (Å²) < 4.78 is 36.8. The molecule has 1 aromatic carbocycles. The summed E-state index contributed by atoms with van der Waals surface area (Å²) in [7, 11) is 0. The molecule has 0 saturated carbocycles. The second-order valence-electron chi connectivity index (χ2n) is 2.37. The fraction of sp³-hybridized carbons (Fsp3) is 0.125. The minimum absolute atomic E-state index is 0.0120. The molecule has 1 rings (SSSR count). The van der Waals surface area contributed by atoms with Gasteiger partial charge in [0.1, 0.15) is 0 Å². The zero-order valence-electron chi connectivity index (χ0n) is 6.32. The predicted octanol–water partition coefficient (Wildman–Crippen LogP) is 3.36. The van der Waals surface area contributed by atoms with Gasteiger partial charge in [0.2, 0.25) is 0 Å². The van der Waals surface area contributed by atoms with Gasteiger partial charge in [0.15, 0.2) is 0 Å². The van der Waals surface area contributed by atoms with Crippen LogP contribution in [0.25, 0.3) is 0 Å². The molecule has 0 aliphatic carbocycles. The van der Waals surface area contributed by atoms with Crippen molar-refractivity contribution in [3.05, 3.63) is 34.3 Å². The van der Waals surface area contributed by atoms with Crippen LogP contribution in [-0.4, -0.2) is 6.21 Å². The molecule has 0 unspecified atom stereocenters. The van der Waals surface area contributed by atoms with Gasteiger partial charge in [-0.3, -0.25) is 0 Å². The highest BCUT2D eigenvalue weighted by Gasteiger charge is 2.32. The lowest BCUT2D eigenvalue weighted by atomic mass is 10.1. The Balaban J connectivity index is 3.32. The monoisotopic (exact) mass is 207 g/mol. The molecular formula is C8H5ClF3N. The summed E-state index contributed by atoms with van der Waals surface area (Å²) in [5.74, 6) is 0. The maximum absolute atomic E-state index is 12.3. The Morgan fingerprint density at radius 1 is 1.31 bits per heavy atom. The number of benzene rings is 1. The van der Waals surface area contributed by atoms with Crippen LogP contribution < -0.4 is 0 Å². The molecule has 0 saturated heterocycles. The standard InChI is InChI=1S/C8H5ClF3N/c9-6-2-1-5(4-13)7(3-6)8(10,11)12/h1-4,13H. The highest BCUT2D eigenvalue weighted by Crippen LogP contribution is 2.32. The van der Waals surface area contributed by atoms with Crippen molar-refractivity contribution in [2.45, 2.75) is 6.18 Å². The number of nitrogens with one attached hydrogen (secondary N) is 1. The average Bonchev–Trinajstić information content (AvgIpc) is 2.03. The molecule has 0 atom stereocenters. The molecule has 0 amide bonds.